The highest BCUT2D eigenvalue weighted by molar-refractivity contribution is 5.85. The van der Waals surface area contributed by atoms with Gasteiger partial charge in [0, 0.05) is 37.6 Å². The van der Waals surface area contributed by atoms with Crippen molar-refractivity contribution in [2.75, 3.05) is 32.8 Å². The number of hydrogen-bond donors (Lipinski definition) is 2. The molecular formula is C15H31Cl2N3O2. The molecule has 1 aliphatic carbocycles. The average molecular weight is 356 g/mol. The van der Waals surface area contributed by atoms with Gasteiger partial charge in [0.25, 0.3) is 0 Å². The van der Waals surface area contributed by atoms with Crippen molar-refractivity contribution in [2.45, 2.75) is 51.1 Å². The molecule has 7 heteroatoms. The quantitative estimate of drug-likeness (QED) is 0.785. The summed E-state index contributed by atoms with van der Waals surface area (Å²) in [4.78, 5) is 14.5. The molecule has 2 fully saturated rings. The van der Waals surface area contributed by atoms with Crippen LogP contribution in [0.5, 0.6) is 0 Å². The van der Waals surface area contributed by atoms with Gasteiger partial charge in [0.1, 0.15) is 0 Å². The lowest BCUT2D eigenvalue weighted by atomic mass is 9.98. The first-order chi connectivity index (χ1) is 9.49. The molecule has 2 atom stereocenters. The largest absolute Gasteiger partial charge is 0.379 e. The normalized spacial score (nSPS) is 26.0. The second-order valence-corrected chi connectivity index (χ2v) is 6.75. The van der Waals surface area contributed by atoms with Crippen LogP contribution in [-0.2, 0) is 9.53 Å². The first kappa shape index (κ1) is 21.9. The van der Waals surface area contributed by atoms with Crippen LogP contribution < -0.4 is 11.1 Å². The van der Waals surface area contributed by atoms with Gasteiger partial charge >= 0.3 is 0 Å². The van der Waals surface area contributed by atoms with Crippen LogP contribution in [0.1, 0.15) is 39.5 Å². The Morgan fingerprint density at radius 3 is 2.45 bits per heavy atom. The second kappa shape index (κ2) is 9.93. The molecule has 0 radical (unpaired) electrons. The Morgan fingerprint density at radius 1 is 1.27 bits per heavy atom. The van der Waals surface area contributed by atoms with Gasteiger partial charge in [-0.25, -0.2) is 0 Å². The minimum Gasteiger partial charge on any atom is -0.379 e. The Morgan fingerprint density at radius 2 is 1.91 bits per heavy atom. The molecule has 0 unspecified atom stereocenters. The van der Waals surface area contributed by atoms with E-state index in [1.54, 1.807) is 0 Å². The number of amides is 1. The molecule has 1 heterocycles. The minimum atomic E-state index is -0.0166. The van der Waals surface area contributed by atoms with E-state index in [9.17, 15) is 4.79 Å². The Kier molecular flexibility index (Phi) is 9.90. The Hall–Kier alpha value is -0.0700. The molecule has 1 aliphatic heterocycles. The van der Waals surface area contributed by atoms with E-state index in [2.05, 4.69) is 24.1 Å². The van der Waals surface area contributed by atoms with Crippen molar-refractivity contribution in [3.8, 4) is 0 Å². The second-order valence-electron chi connectivity index (χ2n) is 6.75. The molecule has 2 rings (SSSR count). The third-order valence-corrected chi connectivity index (χ3v) is 4.75. The summed E-state index contributed by atoms with van der Waals surface area (Å²) >= 11 is 0. The topological polar surface area (TPSA) is 67.6 Å². The van der Waals surface area contributed by atoms with E-state index in [1.165, 1.54) is 6.42 Å². The number of nitrogens with zero attached hydrogens (tertiary/aromatic N) is 1. The number of nitrogens with two attached hydrogens (primary N) is 1. The maximum absolute atomic E-state index is 12.1. The van der Waals surface area contributed by atoms with Gasteiger partial charge in [-0.3, -0.25) is 9.69 Å². The summed E-state index contributed by atoms with van der Waals surface area (Å²) in [6.07, 6.45) is 3.91. The lowest BCUT2D eigenvalue weighted by Gasteiger charge is -2.40. The van der Waals surface area contributed by atoms with Crippen LogP contribution in [-0.4, -0.2) is 55.2 Å². The summed E-state index contributed by atoms with van der Waals surface area (Å²) in [7, 11) is 0. The van der Waals surface area contributed by atoms with Gasteiger partial charge in [-0.2, -0.15) is 0 Å². The smallest absolute Gasteiger partial charge is 0.220 e. The van der Waals surface area contributed by atoms with E-state index in [0.717, 1.165) is 39.1 Å². The predicted octanol–water partition coefficient (Wildman–Crippen LogP) is 1.57. The maximum atomic E-state index is 12.1. The zero-order valence-corrected chi connectivity index (χ0v) is 15.3. The van der Waals surface area contributed by atoms with Crippen molar-refractivity contribution < 1.29 is 9.53 Å². The number of ether oxygens (including phenoxy) is 1. The number of hydrogen-bond acceptors (Lipinski definition) is 4. The third-order valence-electron chi connectivity index (χ3n) is 4.75. The van der Waals surface area contributed by atoms with E-state index in [0.29, 0.717) is 18.9 Å². The van der Waals surface area contributed by atoms with Gasteiger partial charge in [0.2, 0.25) is 5.91 Å². The number of nitrogens with one attached hydrogen (secondary N) is 1. The first-order valence-electron chi connectivity index (χ1n) is 7.84. The highest BCUT2D eigenvalue weighted by Gasteiger charge is 2.30. The Balaban J connectivity index is 0.00000220. The molecule has 2 aliphatic rings. The van der Waals surface area contributed by atoms with Crippen LogP contribution in [0.15, 0.2) is 0 Å². The van der Waals surface area contributed by atoms with Crippen molar-refractivity contribution in [3.63, 3.8) is 0 Å². The van der Waals surface area contributed by atoms with E-state index in [1.807, 2.05) is 0 Å². The molecule has 1 amide bonds. The summed E-state index contributed by atoms with van der Waals surface area (Å²) in [6, 6.07) is 0.216. The number of rotatable bonds is 5. The van der Waals surface area contributed by atoms with Crippen LogP contribution >= 0.6 is 24.8 Å². The highest BCUT2D eigenvalue weighted by Crippen LogP contribution is 2.26. The molecule has 0 bridgehead atoms. The van der Waals surface area contributed by atoms with Crippen molar-refractivity contribution in [1.82, 2.24) is 10.2 Å². The molecule has 0 aromatic heterocycles. The van der Waals surface area contributed by atoms with E-state index in [4.69, 9.17) is 10.5 Å². The van der Waals surface area contributed by atoms with Gasteiger partial charge in [-0.1, -0.05) is 6.42 Å². The van der Waals surface area contributed by atoms with E-state index >= 15 is 0 Å². The van der Waals surface area contributed by atoms with Crippen LogP contribution in [0.3, 0.4) is 0 Å². The molecular weight excluding hydrogens is 325 g/mol. The Bertz CT molecular complexity index is 337. The summed E-state index contributed by atoms with van der Waals surface area (Å²) in [6.45, 7) is 8.50. The van der Waals surface area contributed by atoms with Gasteiger partial charge in [0.15, 0.2) is 0 Å². The first-order valence-corrected chi connectivity index (χ1v) is 7.84. The van der Waals surface area contributed by atoms with Crippen molar-refractivity contribution in [3.05, 3.63) is 0 Å². The molecule has 1 saturated carbocycles. The fourth-order valence-electron chi connectivity index (χ4n) is 3.22. The van der Waals surface area contributed by atoms with Crippen molar-refractivity contribution >= 4 is 30.7 Å². The van der Waals surface area contributed by atoms with Crippen LogP contribution in [0.4, 0.5) is 0 Å². The average Bonchev–Trinajstić information content (AvgIpc) is 2.83. The van der Waals surface area contributed by atoms with Crippen LogP contribution in [0.25, 0.3) is 0 Å². The van der Waals surface area contributed by atoms with Gasteiger partial charge < -0.3 is 15.8 Å². The van der Waals surface area contributed by atoms with Crippen molar-refractivity contribution in [1.29, 1.82) is 0 Å². The summed E-state index contributed by atoms with van der Waals surface area (Å²) in [5.74, 6) is 0.523. The SMILES string of the molecule is CC(C)(CNC(=O)C[C@@H]1CCC[C@H]1N)N1CCOCC1.Cl.Cl. The maximum Gasteiger partial charge on any atom is 0.220 e. The molecule has 0 aromatic carbocycles. The number of halogens is 2. The third kappa shape index (κ3) is 6.20. The molecule has 1 saturated heterocycles. The molecule has 22 heavy (non-hydrogen) atoms. The summed E-state index contributed by atoms with van der Waals surface area (Å²) in [5, 5.41) is 3.09. The zero-order chi connectivity index (χ0) is 14.6. The molecule has 5 nitrogen and oxygen atoms in total. The van der Waals surface area contributed by atoms with E-state index < -0.39 is 0 Å². The molecule has 0 aromatic rings. The predicted molar refractivity (Wildman–Crippen MR) is 93.9 cm³/mol. The van der Waals surface area contributed by atoms with Gasteiger partial charge in [0.05, 0.1) is 13.2 Å². The van der Waals surface area contributed by atoms with Gasteiger partial charge in [-0.05, 0) is 32.6 Å². The zero-order valence-electron chi connectivity index (χ0n) is 13.7. The minimum absolute atomic E-state index is 0. The van der Waals surface area contributed by atoms with E-state index in [-0.39, 0.29) is 42.3 Å². The number of morpholine rings is 1. The molecule has 132 valence electrons. The van der Waals surface area contributed by atoms with Crippen molar-refractivity contribution in [2.24, 2.45) is 11.7 Å². The number of carbonyl (C=O) groups excluding carboxylic acids is 1. The summed E-state index contributed by atoms with van der Waals surface area (Å²) < 4.78 is 5.38. The van der Waals surface area contributed by atoms with Gasteiger partial charge in [-0.15, -0.1) is 24.8 Å². The fourth-order valence-corrected chi connectivity index (χ4v) is 3.22. The Labute approximate surface area is 146 Å². The number of carbonyl (C=O) groups is 1. The monoisotopic (exact) mass is 355 g/mol. The van der Waals surface area contributed by atoms with Crippen LogP contribution in [0.2, 0.25) is 0 Å². The summed E-state index contributed by atoms with van der Waals surface area (Å²) in [5.41, 5.74) is 6.01. The standard InChI is InChI=1S/C15H29N3O2.2ClH/c1-15(2,18-6-8-20-9-7-18)11-17-14(19)10-12-4-3-5-13(12)16;;/h12-13H,3-11,16H2,1-2H3,(H,17,19);2*1H/t12-,13+;;/m0../s1. The fraction of sp³-hybridized carbons (Fsp3) is 0.933. The highest BCUT2D eigenvalue weighted by atomic mass is 35.5. The van der Waals surface area contributed by atoms with Crippen LogP contribution in [0, 0.1) is 5.92 Å². The lowest BCUT2D eigenvalue weighted by molar-refractivity contribution is -0.122. The molecule has 0 spiro atoms. The molecule has 3 N–H and O–H groups in total. The lowest BCUT2D eigenvalue weighted by Crippen LogP contribution is -2.55.